The molecule has 0 aromatic heterocycles. The van der Waals surface area contributed by atoms with Gasteiger partial charge in [-0.15, -0.1) is 24.0 Å². The van der Waals surface area contributed by atoms with Crippen LogP contribution in [0.2, 0.25) is 0 Å². The molecular formula is C22H30IN3O2. The molecule has 2 aromatic rings. The summed E-state index contributed by atoms with van der Waals surface area (Å²) in [6, 6.07) is 15.0. The minimum absolute atomic E-state index is 0. The van der Waals surface area contributed by atoms with Gasteiger partial charge in [-0.25, -0.2) is 0 Å². The van der Waals surface area contributed by atoms with Crippen molar-refractivity contribution in [1.29, 1.82) is 0 Å². The predicted molar refractivity (Wildman–Crippen MR) is 125 cm³/mol. The maximum atomic E-state index is 5.56. The van der Waals surface area contributed by atoms with Crippen molar-refractivity contribution in [2.24, 2.45) is 4.99 Å². The number of hydrogen-bond acceptors (Lipinski definition) is 3. The molecule has 0 aliphatic carbocycles. The molecule has 0 bridgehead atoms. The van der Waals surface area contributed by atoms with Gasteiger partial charge in [-0.05, 0) is 41.7 Å². The molecule has 1 aliphatic heterocycles. The summed E-state index contributed by atoms with van der Waals surface area (Å²) in [4.78, 5) is 4.30. The van der Waals surface area contributed by atoms with E-state index >= 15 is 0 Å². The molecule has 6 heteroatoms. The first-order valence-electron chi connectivity index (χ1n) is 9.63. The number of fused-ring (bicyclic) bond motifs is 1. The Balaban J connectivity index is 0.00000280. The Kier molecular flexibility index (Phi) is 9.57. The molecule has 5 nitrogen and oxygen atoms in total. The first-order chi connectivity index (χ1) is 13.3. The Hall–Kier alpha value is -1.80. The van der Waals surface area contributed by atoms with Crippen LogP contribution in [0.4, 0.5) is 0 Å². The van der Waals surface area contributed by atoms with E-state index in [1.165, 1.54) is 22.3 Å². The van der Waals surface area contributed by atoms with Crippen LogP contribution in [0.5, 0.6) is 5.75 Å². The lowest BCUT2D eigenvalue weighted by Gasteiger charge is -2.12. The van der Waals surface area contributed by atoms with Crippen LogP contribution in [0.1, 0.15) is 29.2 Å². The van der Waals surface area contributed by atoms with E-state index < -0.39 is 0 Å². The number of rotatable bonds is 8. The summed E-state index contributed by atoms with van der Waals surface area (Å²) >= 11 is 0. The highest BCUT2D eigenvalue weighted by Gasteiger charge is 2.11. The Morgan fingerprint density at radius 2 is 1.82 bits per heavy atom. The highest BCUT2D eigenvalue weighted by atomic mass is 127. The van der Waals surface area contributed by atoms with Crippen LogP contribution in [0, 0.1) is 0 Å². The van der Waals surface area contributed by atoms with Crippen molar-refractivity contribution in [2.75, 3.05) is 26.8 Å². The predicted octanol–water partition coefficient (Wildman–Crippen LogP) is 3.68. The van der Waals surface area contributed by atoms with Gasteiger partial charge in [-0.3, -0.25) is 4.99 Å². The average Bonchev–Trinajstić information content (AvgIpc) is 3.17. The Morgan fingerprint density at radius 1 is 1.07 bits per heavy atom. The van der Waals surface area contributed by atoms with Crippen LogP contribution >= 0.6 is 24.0 Å². The van der Waals surface area contributed by atoms with Crippen molar-refractivity contribution in [2.45, 2.75) is 32.9 Å². The van der Waals surface area contributed by atoms with E-state index in [0.29, 0.717) is 6.61 Å². The first kappa shape index (κ1) is 22.5. The molecule has 0 unspecified atom stereocenters. The van der Waals surface area contributed by atoms with Crippen LogP contribution in [0.25, 0.3) is 0 Å². The lowest BCUT2D eigenvalue weighted by molar-refractivity contribution is 0.134. The van der Waals surface area contributed by atoms with Crippen LogP contribution in [-0.4, -0.2) is 32.8 Å². The summed E-state index contributed by atoms with van der Waals surface area (Å²) in [6.07, 6.45) is 1.98. The van der Waals surface area contributed by atoms with Gasteiger partial charge in [-0.1, -0.05) is 36.4 Å². The van der Waals surface area contributed by atoms with Gasteiger partial charge >= 0.3 is 0 Å². The average molecular weight is 495 g/mol. The first-order valence-corrected chi connectivity index (χ1v) is 9.63. The largest absolute Gasteiger partial charge is 0.493 e. The molecule has 28 heavy (non-hydrogen) atoms. The number of nitrogens with zero attached hydrogens (tertiary/aromatic N) is 1. The molecule has 3 rings (SSSR count). The van der Waals surface area contributed by atoms with Crippen LogP contribution in [0.3, 0.4) is 0 Å². The number of aliphatic imine (C=N–C) groups is 1. The van der Waals surface area contributed by atoms with E-state index in [9.17, 15) is 0 Å². The molecule has 1 aliphatic rings. The quantitative estimate of drug-likeness (QED) is 0.334. The second-order valence-corrected chi connectivity index (χ2v) is 6.60. The SMILES string of the molecule is CCOCc1ccc(CNC(=NC)NCCc2ccc3c(c2)CCO3)cc1.I. The number of guanidine groups is 1. The van der Waals surface area contributed by atoms with Crippen LogP contribution < -0.4 is 15.4 Å². The van der Waals surface area contributed by atoms with E-state index in [1.807, 2.05) is 6.92 Å². The van der Waals surface area contributed by atoms with Gasteiger partial charge in [-0.2, -0.15) is 0 Å². The highest BCUT2D eigenvalue weighted by Crippen LogP contribution is 2.25. The maximum absolute atomic E-state index is 5.56. The third-order valence-corrected chi connectivity index (χ3v) is 4.64. The van der Waals surface area contributed by atoms with Gasteiger partial charge in [0.05, 0.1) is 13.2 Å². The Bertz CT molecular complexity index is 763. The summed E-state index contributed by atoms with van der Waals surface area (Å²) in [5, 5.41) is 6.75. The molecule has 2 N–H and O–H groups in total. The van der Waals surface area contributed by atoms with Crippen LogP contribution in [0.15, 0.2) is 47.5 Å². The Labute approximate surface area is 184 Å². The van der Waals surface area contributed by atoms with E-state index in [4.69, 9.17) is 9.47 Å². The number of hydrogen-bond donors (Lipinski definition) is 2. The van der Waals surface area contributed by atoms with Gasteiger partial charge in [0.15, 0.2) is 5.96 Å². The molecule has 0 spiro atoms. The lowest BCUT2D eigenvalue weighted by atomic mass is 10.1. The van der Waals surface area contributed by atoms with E-state index in [-0.39, 0.29) is 24.0 Å². The standard InChI is InChI=1S/C22H29N3O2.HI/c1-3-26-16-19-6-4-18(5-7-19)15-25-22(23-2)24-12-10-17-8-9-21-20(14-17)11-13-27-21;/h4-9,14H,3,10-13,15-16H2,1-2H3,(H2,23,24,25);1H. The number of halogens is 1. The van der Waals surface area contributed by atoms with Gasteiger partial charge in [0.2, 0.25) is 0 Å². The number of benzene rings is 2. The maximum Gasteiger partial charge on any atom is 0.191 e. The third-order valence-electron chi connectivity index (χ3n) is 4.64. The second kappa shape index (κ2) is 11.9. The molecular weight excluding hydrogens is 465 g/mol. The smallest absolute Gasteiger partial charge is 0.191 e. The molecule has 0 amide bonds. The molecule has 0 atom stereocenters. The number of nitrogens with one attached hydrogen (secondary N) is 2. The van der Waals surface area contributed by atoms with Crippen molar-refractivity contribution in [1.82, 2.24) is 10.6 Å². The second-order valence-electron chi connectivity index (χ2n) is 6.60. The fourth-order valence-electron chi connectivity index (χ4n) is 3.10. The monoisotopic (exact) mass is 495 g/mol. The Morgan fingerprint density at radius 3 is 2.57 bits per heavy atom. The molecule has 0 saturated heterocycles. The van der Waals surface area contributed by atoms with E-state index in [2.05, 4.69) is 58.1 Å². The van der Waals surface area contributed by atoms with Gasteiger partial charge in [0.1, 0.15) is 5.75 Å². The minimum atomic E-state index is 0. The molecule has 0 radical (unpaired) electrons. The molecule has 152 valence electrons. The van der Waals surface area contributed by atoms with Gasteiger partial charge in [0.25, 0.3) is 0 Å². The zero-order chi connectivity index (χ0) is 18.9. The van der Waals surface area contributed by atoms with Gasteiger partial charge < -0.3 is 20.1 Å². The zero-order valence-corrected chi connectivity index (χ0v) is 19.0. The summed E-state index contributed by atoms with van der Waals surface area (Å²) in [5.41, 5.74) is 5.06. The summed E-state index contributed by atoms with van der Waals surface area (Å²) in [7, 11) is 1.80. The summed E-state index contributed by atoms with van der Waals surface area (Å²) in [6.45, 7) is 5.81. The zero-order valence-electron chi connectivity index (χ0n) is 16.7. The fraction of sp³-hybridized carbons (Fsp3) is 0.409. The summed E-state index contributed by atoms with van der Waals surface area (Å²) in [5.74, 6) is 1.86. The van der Waals surface area contributed by atoms with E-state index in [1.54, 1.807) is 7.05 Å². The summed E-state index contributed by atoms with van der Waals surface area (Å²) < 4.78 is 11.0. The number of ether oxygens (including phenoxy) is 2. The molecule has 1 heterocycles. The minimum Gasteiger partial charge on any atom is -0.493 e. The van der Waals surface area contributed by atoms with Gasteiger partial charge in [0, 0.05) is 33.2 Å². The highest BCUT2D eigenvalue weighted by molar-refractivity contribution is 14.0. The van der Waals surface area contributed by atoms with Crippen molar-refractivity contribution in [3.63, 3.8) is 0 Å². The normalized spacial score (nSPS) is 12.7. The lowest BCUT2D eigenvalue weighted by Crippen LogP contribution is -2.37. The van der Waals surface area contributed by atoms with Crippen molar-refractivity contribution in [3.8, 4) is 5.75 Å². The topological polar surface area (TPSA) is 54.9 Å². The molecule has 0 saturated carbocycles. The van der Waals surface area contributed by atoms with Crippen molar-refractivity contribution in [3.05, 3.63) is 64.7 Å². The van der Waals surface area contributed by atoms with E-state index in [0.717, 1.165) is 50.9 Å². The molecule has 0 fully saturated rings. The van der Waals surface area contributed by atoms with Crippen molar-refractivity contribution >= 4 is 29.9 Å². The van der Waals surface area contributed by atoms with Crippen molar-refractivity contribution < 1.29 is 9.47 Å². The fourth-order valence-corrected chi connectivity index (χ4v) is 3.10. The third kappa shape index (κ3) is 6.67. The molecule has 2 aromatic carbocycles. The van der Waals surface area contributed by atoms with Crippen LogP contribution in [-0.2, 0) is 30.7 Å².